The van der Waals surface area contributed by atoms with Gasteiger partial charge in [-0.05, 0) is 47.7 Å². The van der Waals surface area contributed by atoms with Crippen LogP contribution in [0.2, 0.25) is 0 Å². The summed E-state index contributed by atoms with van der Waals surface area (Å²) in [6, 6.07) is 11.7. The first-order valence-corrected chi connectivity index (χ1v) is 11.9. The Hall–Kier alpha value is -2.84. The number of benzene rings is 2. The van der Waals surface area contributed by atoms with Gasteiger partial charge in [0.2, 0.25) is 11.8 Å². The van der Waals surface area contributed by atoms with Gasteiger partial charge in [0.05, 0.1) is 18.5 Å². The average molecular weight is 471 g/mol. The molecule has 2 heterocycles. The summed E-state index contributed by atoms with van der Waals surface area (Å²) in [5.41, 5.74) is 7.90. The number of nitrogens with zero attached hydrogens (tertiary/aromatic N) is 3. The Kier molecular flexibility index (Phi) is 7.58. The summed E-state index contributed by atoms with van der Waals surface area (Å²) in [5.74, 6) is -0.426. The summed E-state index contributed by atoms with van der Waals surface area (Å²) >= 11 is 0. The standard InChI is InChI=1S/C26H32F2N4O2/c1-18-10-11-32(17-18)26(34)23(29)16-24(33)30-12-14-31(15-13-30)25(19-2-6-21(27)7-3-19)20-4-8-22(28)9-5-20/h2-9,18,23,25H,10-17,29H2,1H3. The van der Waals surface area contributed by atoms with Crippen molar-refractivity contribution in [2.45, 2.75) is 31.8 Å². The lowest BCUT2D eigenvalue weighted by atomic mass is 9.96. The van der Waals surface area contributed by atoms with E-state index in [1.807, 2.05) is 0 Å². The molecule has 0 aromatic heterocycles. The molecule has 2 aromatic carbocycles. The molecule has 8 heteroatoms. The minimum Gasteiger partial charge on any atom is -0.341 e. The van der Waals surface area contributed by atoms with Crippen LogP contribution in [0.25, 0.3) is 0 Å². The molecule has 2 atom stereocenters. The van der Waals surface area contributed by atoms with Crippen LogP contribution in [0.15, 0.2) is 48.5 Å². The van der Waals surface area contributed by atoms with E-state index in [-0.39, 0.29) is 35.9 Å². The molecule has 0 saturated carbocycles. The van der Waals surface area contributed by atoms with E-state index in [0.29, 0.717) is 45.2 Å². The van der Waals surface area contributed by atoms with Crippen LogP contribution in [0.3, 0.4) is 0 Å². The Balaban J connectivity index is 1.39. The number of amides is 2. The van der Waals surface area contributed by atoms with E-state index in [4.69, 9.17) is 5.73 Å². The maximum absolute atomic E-state index is 13.5. The minimum absolute atomic E-state index is 0.00304. The molecule has 2 aliphatic rings. The summed E-state index contributed by atoms with van der Waals surface area (Å²) in [6.45, 7) is 5.70. The van der Waals surface area contributed by atoms with Gasteiger partial charge in [-0.1, -0.05) is 31.2 Å². The maximum atomic E-state index is 13.5. The predicted octanol–water partition coefficient (Wildman–Crippen LogP) is 2.78. The maximum Gasteiger partial charge on any atom is 0.240 e. The Bertz CT molecular complexity index is 945. The van der Waals surface area contributed by atoms with Crippen molar-refractivity contribution in [1.29, 1.82) is 0 Å². The van der Waals surface area contributed by atoms with Crippen molar-refractivity contribution in [3.63, 3.8) is 0 Å². The molecule has 2 aromatic rings. The number of hydrogen-bond donors (Lipinski definition) is 1. The lowest BCUT2D eigenvalue weighted by Crippen LogP contribution is -2.52. The van der Waals surface area contributed by atoms with Crippen molar-refractivity contribution in [2.24, 2.45) is 11.7 Å². The smallest absolute Gasteiger partial charge is 0.240 e. The molecule has 2 fully saturated rings. The second-order valence-corrected chi connectivity index (χ2v) is 9.41. The number of nitrogens with two attached hydrogens (primary N) is 1. The van der Waals surface area contributed by atoms with Gasteiger partial charge in [0.25, 0.3) is 0 Å². The lowest BCUT2D eigenvalue weighted by molar-refractivity contribution is -0.139. The SMILES string of the molecule is CC1CCN(C(=O)C(N)CC(=O)N2CCN(C(c3ccc(F)cc3)c3ccc(F)cc3)CC2)C1. The average Bonchev–Trinajstić information content (AvgIpc) is 3.27. The van der Waals surface area contributed by atoms with Crippen LogP contribution in [0, 0.1) is 17.6 Å². The number of piperazine rings is 1. The van der Waals surface area contributed by atoms with Crippen LogP contribution in [0.4, 0.5) is 8.78 Å². The lowest BCUT2D eigenvalue weighted by Gasteiger charge is -2.40. The number of carbonyl (C=O) groups excluding carboxylic acids is 2. The summed E-state index contributed by atoms with van der Waals surface area (Å²) < 4.78 is 27.0. The van der Waals surface area contributed by atoms with E-state index >= 15 is 0 Å². The monoisotopic (exact) mass is 470 g/mol. The zero-order valence-corrected chi connectivity index (χ0v) is 19.5. The van der Waals surface area contributed by atoms with Gasteiger partial charge in [-0.2, -0.15) is 0 Å². The van der Waals surface area contributed by atoms with E-state index in [1.165, 1.54) is 24.3 Å². The summed E-state index contributed by atoms with van der Waals surface area (Å²) in [6.07, 6.45) is 0.973. The molecule has 0 radical (unpaired) electrons. The van der Waals surface area contributed by atoms with Gasteiger partial charge in [-0.15, -0.1) is 0 Å². The van der Waals surface area contributed by atoms with Crippen LogP contribution in [-0.4, -0.2) is 71.8 Å². The van der Waals surface area contributed by atoms with Crippen molar-refractivity contribution in [1.82, 2.24) is 14.7 Å². The third-order valence-corrected chi connectivity index (χ3v) is 6.85. The fourth-order valence-electron chi connectivity index (χ4n) is 4.91. The molecular weight excluding hydrogens is 438 g/mol. The van der Waals surface area contributed by atoms with Gasteiger partial charge in [-0.25, -0.2) is 8.78 Å². The van der Waals surface area contributed by atoms with Crippen LogP contribution in [0.5, 0.6) is 0 Å². The third kappa shape index (κ3) is 5.62. The quantitative estimate of drug-likeness (QED) is 0.705. The van der Waals surface area contributed by atoms with Crippen molar-refractivity contribution in [2.75, 3.05) is 39.3 Å². The molecule has 0 spiro atoms. The van der Waals surface area contributed by atoms with Gasteiger partial charge in [0, 0.05) is 39.3 Å². The highest BCUT2D eigenvalue weighted by Crippen LogP contribution is 2.30. The van der Waals surface area contributed by atoms with E-state index in [9.17, 15) is 18.4 Å². The van der Waals surface area contributed by atoms with E-state index in [1.54, 1.807) is 34.1 Å². The number of hydrogen-bond acceptors (Lipinski definition) is 4. The van der Waals surface area contributed by atoms with Crippen LogP contribution >= 0.6 is 0 Å². The zero-order valence-electron chi connectivity index (χ0n) is 19.5. The topological polar surface area (TPSA) is 69.9 Å². The molecule has 4 rings (SSSR count). The number of rotatable bonds is 6. The molecule has 0 bridgehead atoms. The van der Waals surface area contributed by atoms with Gasteiger partial charge < -0.3 is 15.5 Å². The molecule has 34 heavy (non-hydrogen) atoms. The summed E-state index contributed by atoms with van der Waals surface area (Å²) in [7, 11) is 0. The zero-order chi connectivity index (χ0) is 24.2. The highest BCUT2D eigenvalue weighted by Gasteiger charge is 2.32. The highest BCUT2D eigenvalue weighted by atomic mass is 19.1. The van der Waals surface area contributed by atoms with Crippen LogP contribution < -0.4 is 5.73 Å². The highest BCUT2D eigenvalue weighted by molar-refractivity contribution is 5.88. The number of likely N-dealkylation sites (tertiary alicyclic amines) is 1. The normalized spacial score (nSPS) is 20.1. The molecule has 182 valence electrons. The first kappa shape index (κ1) is 24.3. The molecular formula is C26H32F2N4O2. The molecule has 6 nitrogen and oxygen atoms in total. The predicted molar refractivity (Wildman–Crippen MR) is 126 cm³/mol. The summed E-state index contributed by atoms with van der Waals surface area (Å²) in [4.78, 5) is 31.2. The van der Waals surface area contributed by atoms with Gasteiger partial charge >= 0.3 is 0 Å². The molecule has 2 aliphatic heterocycles. The molecule has 2 unspecified atom stereocenters. The fourth-order valence-corrected chi connectivity index (χ4v) is 4.91. The first-order valence-electron chi connectivity index (χ1n) is 11.9. The van der Waals surface area contributed by atoms with Crippen molar-refractivity contribution >= 4 is 11.8 Å². The fraction of sp³-hybridized carbons (Fsp3) is 0.462. The second-order valence-electron chi connectivity index (χ2n) is 9.41. The number of halogens is 2. The molecule has 0 aliphatic carbocycles. The Morgan fingerprint density at radius 2 is 1.41 bits per heavy atom. The van der Waals surface area contributed by atoms with E-state index in [2.05, 4.69) is 11.8 Å². The van der Waals surface area contributed by atoms with E-state index in [0.717, 1.165) is 17.5 Å². The van der Waals surface area contributed by atoms with Crippen molar-refractivity contribution < 1.29 is 18.4 Å². The van der Waals surface area contributed by atoms with Crippen LogP contribution in [-0.2, 0) is 9.59 Å². The van der Waals surface area contributed by atoms with Crippen molar-refractivity contribution in [3.8, 4) is 0 Å². The Labute approximate surface area is 199 Å². The van der Waals surface area contributed by atoms with Gasteiger partial charge in [-0.3, -0.25) is 14.5 Å². The van der Waals surface area contributed by atoms with E-state index < -0.39 is 6.04 Å². The van der Waals surface area contributed by atoms with Gasteiger partial charge in [0.1, 0.15) is 11.6 Å². The first-order chi connectivity index (χ1) is 16.3. The number of carbonyl (C=O) groups is 2. The minimum atomic E-state index is -0.818. The summed E-state index contributed by atoms with van der Waals surface area (Å²) in [5, 5.41) is 0. The molecule has 2 N–H and O–H groups in total. The van der Waals surface area contributed by atoms with Crippen molar-refractivity contribution in [3.05, 3.63) is 71.3 Å². The third-order valence-electron chi connectivity index (χ3n) is 6.85. The largest absolute Gasteiger partial charge is 0.341 e. The van der Waals surface area contributed by atoms with Crippen LogP contribution in [0.1, 0.15) is 36.9 Å². The molecule has 2 saturated heterocycles. The Morgan fingerprint density at radius 1 is 0.882 bits per heavy atom. The Morgan fingerprint density at radius 3 is 1.88 bits per heavy atom. The molecule has 2 amide bonds. The second kappa shape index (κ2) is 10.6. The van der Waals surface area contributed by atoms with Gasteiger partial charge in [0.15, 0.2) is 0 Å².